The molecule has 2 N–H and O–H groups in total. The van der Waals surface area contributed by atoms with E-state index in [-0.39, 0.29) is 0 Å². The monoisotopic (exact) mass is 477 g/mol. The summed E-state index contributed by atoms with van der Waals surface area (Å²) in [6, 6.07) is 16.6. The van der Waals surface area contributed by atoms with Crippen molar-refractivity contribution in [3.8, 4) is 11.1 Å². The van der Waals surface area contributed by atoms with Gasteiger partial charge >= 0.3 is 0 Å². The number of aryl methyl sites for hydroxylation is 1. The third kappa shape index (κ3) is 3.59. The summed E-state index contributed by atoms with van der Waals surface area (Å²) in [5.74, 6) is 1.85. The maximum atomic E-state index is 4.67. The van der Waals surface area contributed by atoms with E-state index in [1.165, 1.54) is 16.0 Å². The van der Waals surface area contributed by atoms with Gasteiger partial charge in [-0.1, -0.05) is 47.1 Å². The molecule has 0 atom stereocenters. The topological polar surface area (TPSA) is 66.5 Å². The van der Waals surface area contributed by atoms with Crippen molar-refractivity contribution in [2.75, 3.05) is 11.9 Å². The lowest BCUT2D eigenvalue weighted by Gasteiger charge is -2.09. The zero-order valence-electron chi connectivity index (χ0n) is 16.4. The molecule has 0 saturated carbocycles. The van der Waals surface area contributed by atoms with E-state index in [0.29, 0.717) is 0 Å². The number of halogens is 1. The molecule has 3 heterocycles. The second-order valence-corrected chi connectivity index (χ2v) is 9.04. The van der Waals surface area contributed by atoms with Crippen molar-refractivity contribution in [2.24, 2.45) is 0 Å². The summed E-state index contributed by atoms with van der Waals surface area (Å²) in [5.41, 5.74) is 4.49. The van der Waals surface area contributed by atoms with E-state index in [0.717, 1.165) is 56.8 Å². The summed E-state index contributed by atoms with van der Waals surface area (Å²) in [4.78, 5) is 19.5. The fraction of sp³-hybridized carbons (Fsp3) is 0.174. The number of H-pyrrole nitrogens is 1. The van der Waals surface area contributed by atoms with Crippen LogP contribution >= 0.6 is 27.3 Å². The molecule has 0 aliphatic rings. The fourth-order valence-electron chi connectivity index (χ4n) is 3.71. The van der Waals surface area contributed by atoms with Gasteiger partial charge in [0.25, 0.3) is 0 Å². The molecule has 3 aromatic heterocycles. The van der Waals surface area contributed by atoms with Crippen molar-refractivity contribution >= 4 is 54.3 Å². The number of thiophene rings is 1. The Hall–Kier alpha value is -2.77. The number of rotatable bonds is 6. The Balaban J connectivity index is 1.46. The molecule has 5 aromatic rings. The summed E-state index contributed by atoms with van der Waals surface area (Å²) in [7, 11) is 0. The van der Waals surface area contributed by atoms with Crippen molar-refractivity contribution in [3.05, 3.63) is 70.0 Å². The van der Waals surface area contributed by atoms with Gasteiger partial charge < -0.3 is 10.3 Å². The maximum Gasteiger partial charge on any atom is 0.138 e. The Labute approximate surface area is 186 Å². The van der Waals surface area contributed by atoms with Gasteiger partial charge in [0, 0.05) is 27.9 Å². The van der Waals surface area contributed by atoms with E-state index in [2.05, 4.69) is 78.4 Å². The molecule has 0 aliphatic carbocycles. The first-order valence-corrected chi connectivity index (χ1v) is 11.5. The Morgan fingerprint density at radius 2 is 1.90 bits per heavy atom. The van der Waals surface area contributed by atoms with Crippen molar-refractivity contribution in [1.29, 1.82) is 0 Å². The number of hydrogen-bond acceptors (Lipinski definition) is 5. The van der Waals surface area contributed by atoms with Crippen LogP contribution in [-0.2, 0) is 12.8 Å². The molecule has 0 amide bonds. The summed E-state index contributed by atoms with van der Waals surface area (Å²) in [6.45, 7) is 2.93. The lowest BCUT2D eigenvalue weighted by atomic mass is 10.0. The van der Waals surface area contributed by atoms with Gasteiger partial charge in [-0.25, -0.2) is 15.0 Å². The SMILES string of the molecule is CCc1sc2ncnc(NCCc3nc4ccccc4[nH]3)c2c1-c1ccc(Br)cc1. The van der Waals surface area contributed by atoms with Gasteiger partial charge in [0.05, 0.1) is 16.4 Å². The van der Waals surface area contributed by atoms with Crippen LogP contribution in [0.1, 0.15) is 17.6 Å². The lowest BCUT2D eigenvalue weighted by molar-refractivity contribution is 0.929. The minimum atomic E-state index is 0.739. The molecule has 0 radical (unpaired) electrons. The summed E-state index contributed by atoms with van der Waals surface area (Å²) in [6.07, 6.45) is 3.40. The minimum Gasteiger partial charge on any atom is -0.369 e. The summed E-state index contributed by atoms with van der Waals surface area (Å²) < 4.78 is 1.07. The molecule has 7 heteroatoms. The Kier molecular flexibility index (Phi) is 5.23. The van der Waals surface area contributed by atoms with Gasteiger partial charge in [0.1, 0.15) is 22.8 Å². The number of hydrogen-bond donors (Lipinski definition) is 2. The van der Waals surface area contributed by atoms with E-state index in [1.54, 1.807) is 17.7 Å². The molecule has 5 nitrogen and oxygen atoms in total. The van der Waals surface area contributed by atoms with E-state index in [1.807, 2.05) is 18.2 Å². The van der Waals surface area contributed by atoms with Gasteiger partial charge in [-0.3, -0.25) is 0 Å². The molecule has 0 fully saturated rings. The van der Waals surface area contributed by atoms with Crippen LogP contribution in [0.15, 0.2) is 59.3 Å². The fourth-order valence-corrected chi connectivity index (χ4v) is 5.07. The number of anilines is 1. The van der Waals surface area contributed by atoms with Gasteiger partial charge in [-0.2, -0.15) is 0 Å². The van der Waals surface area contributed by atoms with E-state index in [4.69, 9.17) is 0 Å². The van der Waals surface area contributed by atoms with E-state index >= 15 is 0 Å². The highest BCUT2D eigenvalue weighted by atomic mass is 79.9. The highest BCUT2D eigenvalue weighted by Crippen LogP contribution is 2.41. The standard InChI is InChI=1S/C23H20BrN5S/c1-2-18-20(14-7-9-15(24)10-8-14)21-22(26-13-27-23(21)30-18)25-12-11-19-28-16-5-3-4-6-17(16)29-19/h3-10,13H,2,11-12H2,1H3,(H,28,29)(H,25,26,27). The number of benzene rings is 2. The molecule has 0 unspecified atom stereocenters. The van der Waals surface area contributed by atoms with Crippen LogP contribution in [0.5, 0.6) is 0 Å². The summed E-state index contributed by atoms with van der Waals surface area (Å²) >= 11 is 5.28. The Morgan fingerprint density at radius 1 is 1.07 bits per heavy atom. The molecule has 0 saturated heterocycles. The minimum absolute atomic E-state index is 0.739. The Morgan fingerprint density at radius 3 is 2.70 bits per heavy atom. The second-order valence-electron chi connectivity index (χ2n) is 7.04. The number of fused-ring (bicyclic) bond motifs is 2. The average Bonchev–Trinajstić information content (AvgIpc) is 3.35. The van der Waals surface area contributed by atoms with Crippen LogP contribution < -0.4 is 5.32 Å². The van der Waals surface area contributed by atoms with Crippen LogP contribution in [0.2, 0.25) is 0 Å². The quantitative estimate of drug-likeness (QED) is 0.304. The predicted octanol–water partition coefficient (Wildman–Crippen LogP) is 6.21. The van der Waals surface area contributed by atoms with Gasteiger partial charge in [0.2, 0.25) is 0 Å². The smallest absolute Gasteiger partial charge is 0.138 e. The molecule has 0 bridgehead atoms. The number of nitrogens with one attached hydrogen (secondary N) is 2. The largest absolute Gasteiger partial charge is 0.369 e. The van der Waals surface area contributed by atoms with Crippen LogP contribution in [0.3, 0.4) is 0 Å². The Bertz CT molecular complexity index is 1290. The normalized spacial score (nSPS) is 11.4. The number of para-hydroxylation sites is 2. The zero-order chi connectivity index (χ0) is 20.5. The van der Waals surface area contributed by atoms with Crippen LogP contribution in [0, 0.1) is 0 Å². The highest BCUT2D eigenvalue weighted by Gasteiger charge is 2.18. The van der Waals surface area contributed by atoms with Crippen LogP contribution in [0.4, 0.5) is 5.82 Å². The van der Waals surface area contributed by atoms with Crippen molar-refractivity contribution in [2.45, 2.75) is 19.8 Å². The second kappa shape index (κ2) is 8.16. The first kappa shape index (κ1) is 19.2. The lowest BCUT2D eigenvalue weighted by Crippen LogP contribution is -2.08. The van der Waals surface area contributed by atoms with Crippen LogP contribution in [0.25, 0.3) is 32.4 Å². The molecule has 30 heavy (non-hydrogen) atoms. The third-order valence-corrected chi connectivity index (χ3v) is 6.88. The van der Waals surface area contributed by atoms with Crippen molar-refractivity contribution in [1.82, 2.24) is 19.9 Å². The molecular formula is C23H20BrN5S. The predicted molar refractivity (Wildman–Crippen MR) is 128 cm³/mol. The molecule has 150 valence electrons. The van der Waals surface area contributed by atoms with Gasteiger partial charge in [-0.05, 0) is 36.2 Å². The van der Waals surface area contributed by atoms with Crippen molar-refractivity contribution < 1.29 is 0 Å². The number of imidazole rings is 1. The molecular weight excluding hydrogens is 458 g/mol. The van der Waals surface area contributed by atoms with Crippen LogP contribution in [-0.4, -0.2) is 26.5 Å². The molecule has 0 aliphatic heterocycles. The first-order chi connectivity index (χ1) is 14.7. The molecule has 5 rings (SSSR count). The maximum absolute atomic E-state index is 4.67. The number of aromatic nitrogens is 4. The molecule has 2 aromatic carbocycles. The summed E-state index contributed by atoms with van der Waals surface area (Å²) in [5, 5.41) is 4.63. The van der Waals surface area contributed by atoms with Gasteiger partial charge in [-0.15, -0.1) is 11.3 Å². The highest BCUT2D eigenvalue weighted by molar-refractivity contribution is 9.10. The first-order valence-electron chi connectivity index (χ1n) is 9.92. The third-order valence-electron chi connectivity index (χ3n) is 5.11. The average molecular weight is 478 g/mol. The molecule has 0 spiro atoms. The van der Waals surface area contributed by atoms with Crippen molar-refractivity contribution in [3.63, 3.8) is 0 Å². The van der Waals surface area contributed by atoms with E-state index in [9.17, 15) is 0 Å². The van der Waals surface area contributed by atoms with Gasteiger partial charge in [0.15, 0.2) is 0 Å². The van der Waals surface area contributed by atoms with E-state index < -0.39 is 0 Å². The number of nitrogens with zero attached hydrogens (tertiary/aromatic N) is 3. The zero-order valence-corrected chi connectivity index (χ0v) is 18.8. The number of aromatic amines is 1.